The van der Waals surface area contributed by atoms with Gasteiger partial charge in [0.1, 0.15) is 0 Å². The van der Waals surface area contributed by atoms with E-state index >= 15 is 0 Å². The Labute approximate surface area is 101 Å². The maximum absolute atomic E-state index is 10.7. The van der Waals surface area contributed by atoms with Crippen molar-refractivity contribution in [1.29, 1.82) is 0 Å². The van der Waals surface area contributed by atoms with Crippen LogP contribution in [0, 0.1) is 0 Å². The van der Waals surface area contributed by atoms with Crippen molar-refractivity contribution in [1.82, 2.24) is 4.90 Å². The van der Waals surface area contributed by atoms with Gasteiger partial charge < -0.3 is 9.80 Å². The van der Waals surface area contributed by atoms with E-state index in [2.05, 4.69) is 29.8 Å². The highest BCUT2D eigenvalue weighted by molar-refractivity contribution is 7.17. The number of carbonyl (C=O) groups excluding carboxylic acids is 1. The van der Waals surface area contributed by atoms with Crippen molar-refractivity contribution in [2.45, 2.75) is 19.4 Å². The van der Waals surface area contributed by atoms with E-state index in [0.29, 0.717) is 6.04 Å². The first-order valence-corrected chi connectivity index (χ1v) is 6.52. The number of anilines is 1. The Kier molecular flexibility index (Phi) is 3.61. The van der Waals surface area contributed by atoms with Crippen molar-refractivity contribution < 1.29 is 4.79 Å². The summed E-state index contributed by atoms with van der Waals surface area (Å²) in [4.78, 5) is 16.3. The quantitative estimate of drug-likeness (QED) is 0.737. The highest BCUT2D eigenvalue weighted by Crippen LogP contribution is 2.28. The molecule has 1 aromatic rings. The molecule has 16 heavy (non-hydrogen) atoms. The predicted molar refractivity (Wildman–Crippen MR) is 68.6 cm³/mol. The van der Waals surface area contributed by atoms with E-state index in [0.717, 1.165) is 30.8 Å². The molecule has 2 rings (SSSR count). The zero-order chi connectivity index (χ0) is 11.5. The monoisotopic (exact) mass is 238 g/mol. The van der Waals surface area contributed by atoms with Crippen LogP contribution in [-0.4, -0.2) is 43.9 Å². The second-order valence-corrected chi connectivity index (χ2v) is 5.55. The van der Waals surface area contributed by atoms with Gasteiger partial charge in [0.25, 0.3) is 0 Å². The van der Waals surface area contributed by atoms with E-state index in [1.54, 1.807) is 11.3 Å². The van der Waals surface area contributed by atoms with E-state index in [-0.39, 0.29) is 0 Å². The third-order valence-electron chi connectivity index (χ3n) is 3.06. The second-order valence-electron chi connectivity index (χ2n) is 4.45. The molecule has 0 bridgehead atoms. The fraction of sp³-hybridized carbons (Fsp3) is 0.583. The lowest BCUT2D eigenvalue weighted by molar-refractivity contribution is 0.112. The molecule has 0 amide bonds. The summed E-state index contributed by atoms with van der Waals surface area (Å²) in [5.74, 6) is 0. The maximum Gasteiger partial charge on any atom is 0.160 e. The number of thiophene rings is 1. The van der Waals surface area contributed by atoms with Crippen LogP contribution in [0.15, 0.2) is 12.1 Å². The minimum atomic E-state index is 0.519. The molecule has 0 radical (unpaired) electrons. The predicted octanol–water partition coefficient (Wildman–Crippen LogP) is 2.09. The van der Waals surface area contributed by atoms with Crippen LogP contribution in [0.4, 0.5) is 5.00 Å². The average Bonchev–Trinajstić information content (AvgIpc) is 2.65. The van der Waals surface area contributed by atoms with Crippen molar-refractivity contribution >= 4 is 22.6 Å². The summed E-state index contributed by atoms with van der Waals surface area (Å²) in [5, 5.41) is 1.23. The lowest BCUT2D eigenvalue weighted by Gasteiger charge is -2.28. The van der Waals surface area contributed by atoms with Gasteiger partial charge in [-0.15, -0.1) is 11.3 Å². The molecule has 88 valence electrons. The topological polar surface area (TPSA) is 23.6 Å². The van der Waals surface area contributed by atoms with Crippen LogP contribution < -0.4 is 4.90 Å². The van der Waals surface area contributed by atoms with Gasteiger partial charge in [0.2, 0.25) is 0 Å². The Bertz CT molecular complexity index is 364. The standard InChI is InChI=1S/C12H18N2OS/c1-10-8-13(2)6-3-7-14(10)12-5-4-11(9-15)16-12/h4-5,9-10H,3,6-8H2,1-2H3. The van der Waals surface area contributed by atoms with Crippen LogP contribution in [0.25, 0.3) is 0 Å². The molecule has 1 fully saturated rings. The molecule has 0 aliphatic carbocycles. The minimum Gasteiger partial charge on any atom is -0.359 e. The molecule has 1 aliphatic heterocycles. The second kappa shape index (κ2) is 4.97. The number of aldehydes is 1. The lowest BCUT2D eigenvalue weighted by Crippen LogP contribution is -2.37. The van der Waals surface area contributed by atoms with Crippen molar-refractivity contribution in [2.75, 3.05) is 31.6 Å². The highest BCUT2D eigenvalue weighted by Gasteiger charge is 2.20. The molecule has 0 N–H and O–H groups in total. The molecule has 1 atom stereocenters. The van der Waals surface area contributed by atoms with E-state index in [4.69, 9.17) is 0 Å². The first-order chi connectivity index (χ1) is 7.70. The Morgan fingerprint density at radius 1 is 1.44 bits per heavy atom. The SMILES string of the molecule is CC1CN(C)CCCN1c1ccc(C=O)s1. The fourth-order valence-corrected chi connectivity index (χ4v) is 3.21. The summed E-state index contributed by atoms with van der Waals surface area (Å²) < 4.78 is 0. The van der Waals surface area contributed by atoms with Gasteiger partial charge in [-0.05, 0) is 39.1 Å². The fourth-order valence-electron chi connectivity index (χ4n) is 2.26. The van der Waals surface area contributed by atoms with Gasteiger partial charge in [0.05, 0.1) is 9.88 Å². The summed E-state index contributed by atoms with van der Waals surface area (Å²) in [6, 6.07) is 4.50. The number of rotatable bonds is 2. The number of hydrogen-bond donors (Lipinski definition) is 0. The molecule has 3 nitrogen and oxygen atoms in total. The van der Waals surface area contributed by atoms with Crippen molar-refractivity contribution in [3.8, 4) is 0 Å². The zero-order valence-corrected chi connectivity index (χ0v) is 10.7. The normalized spacial score (nSPS) is 23.1. The molecule has 1 aromatic heterocycles. The summed E-state index contributed by atoms with van der Waals surface area (Å²) in [6.45, 7) is 5.59. The Morgan fingerprint density at radius 2 is 2.25 bits per heavy atom. The summed E-state index contributed by atoms with van der Waals surface area (Å²) >= 11 is 1.59. The number of nitrogens with zero attached hydrogens (tertiary/aromatic N) is 2. The van der Waals surface area contributed by atoms with Crippen molar-refractivity contribution in [2.24, 2.45) is 0 Å². The molecule has 4 heteroatoms. The first kappa shape index (κ1) is 11.6. The van der Waals surface area contributed by atoms with Crippen LogP contribution in [0.1, 0.15) is 23.0 Å². The summed E-state index contributed by atoms with van der Waals surface area (Å²) in [6.07, 6.45) is 2.12. The number of carbonyl (C=O) groups is 1. The molecule has 1 aliphatic rings. The van der Waals surface area contributed by atoms with Gasteiger partial charge >= 0.3 is 0 Å². The Morgan fingerprint density at radius 3 is 2.94 bits per heavy atom. The lowest BCUT2D eigenvalue weighted by atomic mass is 10.3. The number of likely N-dealkylation sites (N-methyl/N-ethyl adjacent to an activating group) is 1. The first-order valence-electron chi connectivity index (χ1n) is 5.71. The molecular weight excluding hydrogens is 220 g/mol. The molecule has 1 saturated heterocycles. The van der Waals surface area contributed by atoms with E-state index in [1.807, 2.05) is 6.07 Å². The van der Waals surface area contributed by atoms with Crippen molar-refractivity contribution in [3.63, 3.8) is 0 Å². The molecular formula is C12H18N2OS. The third kappa shape index (κ3) is 2.44. The molecule has 0 spiro atoms. The van der Waals surface area contributed by atoms with E-state index in [9.17, 15) is 4.79 Å². The average molecular weight is 238 g/mol. The van der Waals surface area contributed by atoms with Crippen molar-refractivity contribution in [3.05, 3.63) is 17.0 Å². The van der Waals surface area contributed by atoms with Gasteiger partial charge in [-0.3, -0.25) is 4.79 Å². The Balaban J connectivity index is 2.15. The van der Waals surface area contributed by atoms with Crippen LogP contribution in [0.2, 0.25) is 0 Å². The minimum absolute atomic E-state index is 0.519. The third-order valence-corrected chi connectivity index (χ3v) is 4.11. The Hall–Kier alpha value is -0.870. The maximum atomic E-state index is 10.7. The molecule has 1 unspecified atom stereocenters. The van der Waals surface area contributed by atoms with Crippen LogP contribution in [0.5, 0.6) is 0 Å². The van der Waals surface area contributed by atoms with E-state index in [1.165, 1.54) is 11.4 Å². The van der Waals surface area contributed by atoms with Crippen LogP contribution in [-0.2, 0) is 0 Å². The summed E-state index contributed by atoms with van der Waals surface area (Å²) in [5.41, 5.74) is 0. The summed E-state index contributed by atoms with van der Waals surface area (Å²) in [7, 11) is 2.17. The van der Waals surface area contributed by atoms with Gasteiger partial charge in [-0.1, -0.05) is 0 Å². The van der Waals surface area contributed by atoms with Gasteiger partial charge in [-0.25, -0.2) is 0 Å². The molecule has 2 heterocycles. The molecule has 0 saturated carbocycles. The largest absolute Gasteiger partial charge is 0.359 e. The van der Waals surface area contributed by atoms with Crippen LogP contribution in [0.3, 0.4) is 0 Å². The zero-order valence-electron chi connectivity index (χ0n) is 9.85. The highest BCUT2D eigenvalue weighted by atomic mass is 32.1. The molecule has 0 aromatic carbocycles. The van der Waals surface area contributed by atoms with Gasteiger partial charge in [0.15, 0.2) is 6.29 Å². The van der Waals surface area contributed by atoms with E-state index < -0.39 is 0 Å². The van der Waals surface area contributed by atoms with Crippen LogP contribution >= 0.6 is 11.3 Å². The smallest absolute Gasteiger partial charge is 0.160 e. The number of hydrogen-bond acceptors (Lipinski definition) is 4. The van der Waals surface area contributed by atoms with Gasteiger partial charge in [-0.2, -0.15) is 0 Å². The van der Waals surface area contributed by atoms with Gasteiger partial charge in [0, 0.05) is 19.1 Å².